The molecule has 2 N–H and O–H groups in total. The van der Waals surface area contributed by atoms with Crippen molar-refractivity contribution in [2.24, 2.45) is 0 Å². The minimum absolute atomic E-state index is 0.233. The lowest BCUT2D eigenvalue weighted by Crippen LogP contribution is -1.99. The molecule has 0 saturated carbocycles. The van der Waals surface area contributed by atoms with Gasteiger partial charge in [0, 0.05) is 20.8 Å². The molecule has 5 heteroatoms. The molecule has 0 atom stereocenters. The first-order chi connectivity index (χ1) is 18.1. The predicted molar refractivity (Wildman–Crippen MR) is 147 cm³/mol. The Morgan fingerprint density at radius 2 is 0.946 bits per heavy atom. The lowest BCUT2D eigenvalue weighted by molar-refractivity contribution is 0.288. The van der Waals surface area contributed by atoms with E-state index in [1.807, 2.05) is 30.3 Å². The van der Waals surface area contributed by atoms with Crippen LogP contribution in [0.3, 0.4) is 0 Å². The molecule has 0 aliphatic carbocycles. The van der Waals surface area contributed by atoms with E-state index >= 15 is 0 Å². The Morgan fingerprint density at radius 1 is 0.514 bits per heavy atom. The van der Waals surface area contributed by atoms with Crippen molar-refractivity contribution < 1.29 is 19.7 Å². The SMILES string of the molecule is Oc1ccc(COc2cc(OCc3ccc(O)cc3)cc([SH]3c4ccccc4-c4ccccc43)c2)cc1. The average Bonchev–Trinajstić information content (AvgIpc) is 3.27. The quantitative estimate of drug-likeness (QED) is 0.194. The molecule has 0 bridgehead atoms. The summed E-state index contributed by atoms with van der Waals surface area (Å²) in [6, 6.07) is 37.5. The van der Waals surface area contributed by atoms with E-state index in [9.17, 15) is 10.2 Å². The maximum Gasteiger partial charge on any atom is 0.124 e. The molecule has 0 saturated heterocycles. The molecule has 1 aliphatic rings. The number of hydrogen-bond acceptors (Lipinski definition) is 4. The van der Waals surface area contributed by atoms with Gasteiger partial charge in [0.05, 0.1) is 0 Å². The lowest BCUT2D eigenvalue weighted by Gasteiger charge is -2.21. The smallest absolute Gasteiger partial charge is 0.124 e. The van der Waals surface area contributed by atoms with Gasteiger partial charge >= 0.3 is 0 Å². The molecular weight excluding hydrogens is 480 g/mol. The molecule has 0 spiro atoms. The number of benzene rings is 5. The number of phenolic OH excluding ortho intramolecular Hbond substituents is 2. The van der Waals surface area contributed by atoms with E-state index in [1.54, 1.807) is 24.3 Å². The highest BCUT2D eigenvalue weighted by Gasteiger charge is 2.27. The first kappa shape index (κ1) is 23.1. The molecule has 37 heavy (non-hydrogen) atoms. The van der Waals surface area contributed by atoms with Crippen molar-refractivity contribution in [3.05, 3.63) is 126 Å². The van der Waals surface area contributed by atoms with Gasteiger partial charge in [-0.25, -0.2) is 0 Å². The number of ether oxygens (including phenoxy) is 2. The predicted octanol–water partition coefficient (Wildman–Crippen LogP) is 7.71. The van der Waals surface area contributed by atoms with Crippen LogP contribution in [0.1, 0.15) is 11.1 Å². The van der Waals surface area contributed by atoms with E-state index in [0.29, 0.717) is 13.2 Å². The minimum atomic E-state index is -0.769. The summed E-state index contributed by atoms with van der Waals surface area (Å²) in [6.45, 7) is 0.762. The molecule has 0 amide bonds. The molecule has 0 radical (unpaired) electrons. The van der Waals surface area contributed by atoms with Gasteiger partial charge in [0.2, 0.25) is 0 Å². The summed E-state index contributed by atoms with van der Waals surface area (Å²) >= 11 is 0. The fourth-order valence-electron chi connectivity index (χ4n) is 4.57. The molecule has 184 valence electrons. The maximum atomic E-state index is 9.60. The van der Waals surface area contributed by atoms with Crippen LogP contribution in [-0.2, 0) is 13.2 Å². The van der Waals surface area contributed by atoms with Gasteiger partial charge in [0.25, 0.3) is 0 Å². The molecule has 5 aromatic carbocycles. The van der Waals surface area contributed by atoms with Crippen molar-refractivity contribution in [3.63, 3.8) is 0 Å². The van der Waals surface area contributed by atoms with Gasteiger partial charge in [-0.2, -0.15) is 10.9 Å². The van der Waals surface area contributed by atoms with Crippen LogP contribution >= 0.6 is 10.9 Å². The number of fused-ring (bicyclic) bond motifs is 3. The Hall–Kier alpha value is -4.35. The van der Waals surface area contributed by atoms with E-state index < -0.39 is 10.9 Å². The van der Waals surface area contributed by atoms with Crippen LogP contribution in [0.2, 0.25) is 0 Å². The Kier molecular flexibility index (Phi) is 6.21. The van der Waals surface area contributed by atoms with Crippen molar-refractivity contribution in [2.75, 3.05) is 0 Å². The van der Waals surface area contributed by atoms with Crippen LogP contribution in [0.5, 0.6) is 23.0 Å². The minimum Gasteiger partial charge on any atom is -0.508 e. The van der Waals surface area contributed by atoms with Gasteiger partial charge in [0.1, 0.15) is 36.2 Å². The Labute approximate surface area is 218 Å². The lowest BCUT2D eigenvalue weighted by atomic mass is 10.1. The largest absolute Gasteiger partial charge is 0.508 e. The Morgan fingerprint density at radius 3 is 1.41 bits per heavy atom. The van der Waals surface area contributed by atoms with E-state index in [4.69, 9.17) is 9.47 Å². The highest BCUT2D eigenvalue weighted by Crippen LogP contribution is 2.63. The maximum absolute atomic E-state index is 9.60. The van der Waals surface area contributed by atoms with Crippen LogP contribution in [0.4, 0.5) is 0 Å². The molecule has 1 aliphatic heterocycles. The third-order valence-corrected chi connectivity index (χ3v) is 8.90. The topological polar surface area (TPSA) is 58.9 Å². The van der Waals surface area contributed by atoms with Crippen LogP contribution < -0.4 is 9.47 Å². The van der Waals surface area contributed by atoms with Crippen molar-refractivity contribution in [1.29, 1.82) is 0 Å². The zero-order chi connectivity index (χ0) is 25.2. The molecule has 0 fully saturated rings. The number of aromatic hydroxyl groups is 2. The first-order valence-electron chi connectivity index (χ1n) is 12.1. The van der Waals surface area contributed by atoms with Crippen molar-refractivity contribution in [1.82, 2.24) is 0 Å². The summed E-state index contributed by atoms with van der Waals surface area (Å²) in [6.07, 6.45) is 0. The fourth-order valence-corrected chi connectivity index (χ4v) is 7.24. The van der Waals surface area contributed by atoms with Gasteiger partial charge in [-0.1, -0.05) is 60.7 Å². The molecule has 1 heterocycles. The number of thiol groups is 1. The zero-order valence-electron chi connectivity index (χ0n) is 20.0. The van der Waals surface area contributed by atoms with E-state index in [1.165, 1.54) is 20.9 Å². The summed E-state index contributed by atoms with van der Waals surface area (Å²) in [5.41, 5.74) is 4.51. The van der Waals surface area contributed by atoms with Crippen molar-refractivity contribution in [3.8, 4) is 34.1 Å². The first-order valence-corrected chi connectivity index (χ1v) is 13.4. The van der Waals surface area contributed by atoms with Crippen molar-refractivity contribution in [2.45, 2.75) is 27.9 Å². The summed E-state index contributed by atoms with van der Waals surface area (Å²) in [4.78, 5) is 3.83. The Balaban J connectivity index is 1.36. The van der Waals surface area contributed by atoms with Gasteiger partial charge in [-0.05, 0) is 70.8 Å². The molecular formula is C32H26O4S. The number of phenols is 2. The van der Waals surface area contributed by atoms with E-state index in [0.717, 1.165) is 27.5 Å². The highest BCUT2D eigenvalue weighted by molar-refractivity contribution is 8.17. The molecule has 6 rings (SSSR count). The van der Waals surface area contributed by atoms with Crippen LogP contribution in [0, 0.1) is 0 Å². The summed E-state index contributed by atoms with van der Waals surface area (Å²) in [5, 5.41) is 19.2. The highest BCUT2D eigenvalue weighted by atomic mass is 32.2. The van der Waals surface area contributed by atoms with Crippen LogP contribution in [-0.4, -0.2) is 10.2 Å². The second-order valence-corrected chi connectivity index (χ2v) is 11.1. The van der Waals surface area contributed by atoms with Gasteiger partial charge in [-0.3, -0.25) is 0 Å². The monoisotopic (exact) mass is 506 g/mol. The number of hydrogen-bond donors (Lipinski definition) is 3. The average molecular weight is 507 g/mol. The van der Waals surface area contributed by atoms with E-state index in [2.05, 4.69) is 60.7 Å². The third-order valence-electron chi connectivity index (χ3n) is 6.39. The summed E-state index contributed by atoms with van der Waals surface area (Å²) in [7, 11) is -0.769. The summed E-state index contributed by atoms with van der Waals surface area (Å²) < 4.78 is 12.5. The van der Waals surface area contributed by atoms with Gasteiger partial charge < -0.3 is 19.7 Å². The standard InChI is InChI=1S/C32H26O4S/c33-24-13-9-22(10-14-24)20-35-26-17-27(36-21-23-11-15-25(34)16-12-23)19-28(18-26)37-31-7-3-1-5-29(31)30-6-2-4-8-32(30)37/h1-19,33-34,37H,20-21H2. The summed E-state index contributed by atoms with van der Waals surface area (Å²) in [5.74, 6) is 1.93. The fraction of sp³-hybridized carbons (Fsp3) is 0.0625. The molecule has 0 aromatic heterocycles. The molecule has 5 aromatic rings. The second kappa shape index (κ2) is 9.96. The zero-order valence-corrected chi connectivity index (χ0v) is 20.9. The number of rotatable bonds is 7. The third kappa shape index (κ3) is 4.86. The van der Waals surface area contributed by atoms with Gasteiger partial charge in [-0.15, -0.1) is 0 Å². The van der Waals surface area contributed by atoms with Crippen molar-refractivity contribution >= 4 is 10.9 Å². The second-order valence-electron chi connectivity index (χ2n) is 8.94. The van der Waals surface area contributed by atoms with Crippen LogP contribution in [0.15, 0.2) is 130 Å². The van der Waals surface area contributed by atoms with Gasteiger partial charge in [0.15, 0.2) is 0 Å². The molecule has 0 unspecified atom stereocenters. The molecule has 4 nitrogen and oxygen atoms in total. The normalized spacial score (nSPS) is 12.6. The van der Waals surface area contributed by atoms with E-state index in [-0.39, 0.29) is 11.5 Å². The van der Waals surface area contributed by atoms with Crippen LogP contribution in [0.25, 0.3) is 11.1 Å². The Bertz CT molecular complexity index is 1430.